The summed E-state index contributed by atoms with van der Waals surface area (Å²) in [5.74, 6) is -0.340. The number of morpholine rings is 1. The molecule has 3 heterocycles. The van der Waals surface area contributed by atoms with Crippen LogP contribution in [-0.4, -0.2) is 126 Å². The van der Waals surface area contributed by atoms with Crippen LogP contribution in [0.1, 0.15) is 60.9 Å². The Bertz CT molecular complexity index is 1680. The largest absolute Gasteiger partial charge is 0.448 e. The van der Waals surface area contributed by atoms with Gasteiger partial charge in [-0.1, -0.05) is 67.6 Å². The zero-order chi connectivity index (χ0) is 39.8. The summed E-state index contributed by atoms with van der Waals surface area (Å²) >= 11 is 3.02. The number of nitrogens with one attached hydrogen (secondary N) is 3. The number of aliphatic imine (C=N–C) groups is 1. The van der Waals surface area contributed by atoms with Gasteiger partial charge in [-0.3, -0.25) is 14.7 Å². The van der Waals surface area contributed by atoms with Crippen LogP contribution in [0.15, 0.2) is 71.0 Å². The first kappa shape index (κ1) is 43.1. The molecule has 1 unspecified atom stereocenters. The number of aliphatic hydroxyl groups is 1. The summed E-state index contributed by atoms with van der Waals surface area (Å²) in [7, 11) is 1.69. The number of nitrogens with zero attached hydrogens (tertiary/aromatic N) is 4. The Morgan fingerprint density at radius 3 is 2.21 bits per heavy atom. The highest BCUT2D eigenvalue weighted by atomic mass is 32.2. The first-order valence-electron chi connectivity index (χ1n) is 19.4. The molecule has 15 heteroatoms. The number of thiazole rings is 1. The fraction of sp³-hybridized carbons (Fsp3) is 0.537. The molecule has 1 aromatic heterocycles. The number of hydrogen-bond acceptors (Lipinski definition) is 11. The lowest BCUT2D eigenvalue weighted by Gasteiger charge is -2.30. The third kappa shape index (κ3) is 14.2. The third-order valence-electron chi connectivity index (χ3n) is 9.99. The van der Waals surface area contributed by atoms with Crippen LogP contribution >= 0.6 is 23.1 Å². The van der Waals surface area contributed by atoms with Gasteiger partial charge in [0.1, 0.15) is 12.6 Å². The van der Waals surface area contributed by atoms with Crippen molar-refractivity contribution in [1.29, 1.82) is 0 Å². The molecule has 13 nitrogen and oxygen atoms in total. The number of amides is 4. The topological polar surface area (TPSA) is 158 Å². The van der Waals surface area contributed by atoms with Crippen molar-refractivity contribution in [3.05, 3.63) is 87.9 Å². The van der Waals surface area contributed by atoms with Crippen molar-refractivity contribution < 1.29 is 29.0 Å². The number of benzene rings is 2. The van der Waals surface area contributed by atoms with E-state index in [1.807, 2.05) is 79.9 Å². The lowest BCUT2D eigenvalue weighted by atomic mass is 9.95. The van der Waals surface area contributed by atoms with Crippen LogP contribution in [0.3, 0.4) is 0 Å². The molecule has 4 amide bonds. The van der Waals surface area contributed by atoms with Crippen LogP contribution in [-0.2, 0) is 33.7 Å². The summed E-state index contributed by atoms with van der Waals surface area (Å²) in [5, 5.41) is 21.7. The van der Waals surface area contributed by atoms with Crippen LogP contribution in [0.4, 0.5) is 9.59 Å². The normalized spacial score (nSPS) is 19.1. The fourth-order valence-electron chi connectivity index (χ4n) is 6.57. The van der Waals surface area contributed by atoms with Gasteiger partial charge in [0.05, 0.1) is 53.9 Å². The van der Waals surface area contributed by atoms with E-state index in [1.165, 1.54) is 16.2 Å². The Balaban J connectivity index is 1.27. The molecule has 0 spiro atoms. The summed E-state index contributed by atoms with van der Waals surface area (Å²) in [6, 6.07) is 18.3. The van der Waals surface area contributed by atoms with Crippen LogP contribution in [0, 0.1) is 0 Å². The minimum absolute atomic E-state index is 0.000237. The molecule has 1 saturated heterocycles. The number of hydrogen-bond donors (Lipinski definition) is 4. The van der Waals surface area contributed by atoms with Crippen molar-refractivity contribution in [2.45, 2.75) is 81.3 Å². The van der Waals surface area contributed by atoms with Gasteiger partial charge in [-0.05, 0) is 50.2 Å². The Labute approximate surface area is 339 Å². The third-order valence-corrected chi connectivity index (χ3v) is 12.2. The van der Waals surface area contributed by atoms with E-state index in [0.717, 1.165) is 34.9 Å². The molecular weight excluding hydrogens is 751 g/mol. The van der Waals surface area contributed by atoms with E-state index in [0.29, 0.717) is 58.4 Å². The van der Waals surface area contributed by atoms with Crippen molar-refractivity contribution in [3.63, 3.8) is 0 Å². The van der Waals surface area contributed by atoms with Gasteiger partial charge in [-0.2, -0.15) is 0 Å². The molecular formula is C41H57N7O6S2. The zero-order valence-corrected chi connectivity index (χ0v) is 34.4. The Morgan fingerprint density at radius 2 is 1.61 bits per heavy atom. The highest BCUT2D eigenvalue weighted by molar-refractivity contribution is 8.13. The zero-order valence-electron chi connectivity index (χ0n) is 32.7. The summed E-state index contributed by atoms with van der Waals surface area (Å²) in [5.41, 5.74) is 4.68. The Kier molecular flexibility index (Phi) is 17.0. The smallest absolute Gasteiger partial charge is 0.407 e. The number of aromatic nitrogens is 1. The van der Waals surface area contributed by atoms with Crippen LogP contribution < -0.4 is 16.0 Å². The van der Waals surface area contributed by atoms with Gasteiger partial charge in [0.15, 0.2) is 0 Å². The standard InChI is InChI=1S/C41H57N7O6S2/c1-30(25-49)38-44-35(26-55-38)24-47(3)39(51)46-36(16-17-48-18-20-53-21-19-48)37(50)43-33(22-31-10-6-4-7-11-31)14-15-34(23-32-12-8-5-9-13-32)45-40(52)54-28-41(2)27-42-29-56-41/h4-13,26,29-30,33-34,36,49H,14-25,27-28H2,1-3H3,(H,43,50)(H,45,52)(H,46,51)/t30-,33+,34+,36-,41?/m0/s1. The van der Waals surface area contributed by atoms with Gasteiger partial charge in [0, 0.05) is 50.1 Å². The van der Waals surface area contributed by atoms with Crippen molar-refractivity contribution in [2.75, 3.05) is 59.7 Å². The lowest BCUT2D eigenvalue weighted by molar-refractivity contribution is -0.124. The van der Waals surface area contributed by atoms with E-state index in [1.54, 1.807) is 24.4 Å². The van der Waals surface area contributed by atoms with E-state index < -0.39 is 12.1 Å². The van der Waals surface area contributed by atoms with Crippen LogP contribution in [0.5, 0.6) is 0 Å². The van der Waals surface area contributed by atoms with Crippen molar-refractivity contribution in [1.82, 2.24) is 30.7 Å². The van der Waals surface area contributed by atoms with E-state index in [9.17, 15) is 19.5 Å². The molecule has 1 fully saturated rings. The second kappa shape index (κ2) is 22.1. The van der Waals surface area contributed by atoms with E-state index in [2.05, 4.69) is 30.8 Å². The molecule has 5 rings (SSSR count). The number of ether oxygens (including phenoxy) is 2. The average Bonchev–Trinajstić information content (AvgIpc) is 3.87. The Hall–Kier alpha value is -4.02. The molecule has 0 aliphatic carbocycles. The first-order valence-corrected chi connectivity index (χ1v) is 21.2. The van der Waals surface area contributed by atoms with Crippen molar-refractivity contribution in [2.24, 2.45) is 4.99 Å². The van der Waals surface area contributed by atoms with Crippen LogP contribution in [0.2, 0.25) is 0 Å². The minimum Gasteiger partial charge on any atom is -0.448 e. The molecule has 5 atom stereocenters. The second-order valence-corrected chi connectivity index (χ2v) is 17.3. The van der Waals surface area contributed by atoms with Gasteiger partial charge < -0.3 is 35.4 Å². The molecule has 0 saturated carbocycles. The van der Waals surface area contributed by atoms with E-state index >= 15 is 0 Å². The average molecular weight is 808 g/mol. The summed E-state index contributed by atoms with van der Waals surface area (Å²) in [4.78, 5) is 53.7. The molecule has 2 aliphatic heterocycles. The summed E-state index contributed by atoms with van der Waals surface area (Å²) < 4.78 is 11.0. The van der Waals surface area contributed by atoms with Gasteiger partial charge in [0.2, 0.25) is 5.91 Å². The first-order chi connectivity index (χ1) is 27.1. The maximum absolute atomic E-state index is 14.3. The highest BCUT2D eigenvalue weighted by Gasteiger charge is 2.31. The fourth-order valence-corrected chi connectivity index (χ4v) is 8.11. The molecule has 0 radical (unpaired) electrons. The number of thioether (sulfide) groups is 1. The van der Waals surface area contributed by atoms with Crippen LogP contribution in [0.25, 0.3) is 0 Å². The van der Waals surface area contributed by atoms with Gasteiger partial charge >= 0.3 is 12.1 Å². The molecule has 2 aliphatic rings. The van der Waals surface area contributed by atoms with Gasteiger partial charge in [0.25, 0.3) is 0 Å². The Morgan fingerprint density at radius 1 is 0.964 bits per heavy atom. The number of urea groups is 1. The van der Waals surface area contributed by atoms with Crippen molar-refractivity contribution >= 4 is 46.7 Å². The monoisotopic (exact) mass is 807 g/mol. The number of carbonyl (C=O) groups excluding carboxylic acids is 3. The minimum atomic E-state index is -0.793. The molecule has 3 aromatic rings. The van der Waals surface area contributed by atoms with Crippen molar-refractivity contribution in [3.8, 4) is 0 Å². The van der Waals surface area contributed by atoms with Gasteiger partial charge in [-0.15, -0.1) is 23.1 Å². The molecule has 2 aromatic carbocycles. The predicted molar refractivity (Wildman–Crippen MR) is 222 cm³/mol. The van der Waals surface area contributed by atoms with Gasteiger partial charge in [-0.25, -0.2) is 14.6 Å². The molecule has 0 bridgehead atoms. The number of rotatable bonds is 20. The summed E-state index contributed by atoms with van der Waals surface area (Å²) in [6.45, 7) is 8.46. The maximum Gasteiger partial charge on any atom is 0.407 e. The van der Waals surface area contributed by atoms with E-state index in [4.69, 9.17) is 9.47 Å². The molecule has 304 valence electrons. The summed E-state index contributed by atoms with van der Waals surface area (Å²) in [6.07, 6.45) is 2.27. The highest BCUT2D eigenvalue weighted by Crippen LogP contribution is 2.28. The lowest BCUT2D eigenvalue weighted by Crippen LogP contribution is -2.54. The quantitative estimate of drug-likeness (QED) is 0.125. The molecule has 56 heavy (non-hydrogen) atoms. The second-order valence-electron chi connectivity index (χ2n) is 15.0. The molecule has 4 N–H and O–H groups in total. The van der Waals surface area contributed by atoms with E-state index in [-0.39, 0.29) is 54.4 Å². The number of aliphatic hydroxyl groups excluding tert-OH is 1. The number of carbonyl (C=O) groups is 3. The maximum atomic E-state index is 14.3. The number of alkyl carbamates (subject to hydrolysis) is 1. The SMILES string of the molecule is C[C@@H](CO)c1nc(CN(C)C(=O)N[C@@H](CCN2CCOCC2)C(=O)N[C@H](CC[C@H](Cc2ccccc2)NC(=O)OCC2(C)CN=CS2)Cc2ccccc2)cs1. The predicted octanol–water partition coefficient (Wildman–Crippen LogP) is 4.85.